The molecule has 0 fully saturated rings. The molecule has 0 aliphatic heterocycles. The third kappa shape index (κ3) is 4.61. The highest BCUT2D eigenvalue weighted by Gasteiger charge is 2.20. The Bertz CT molecular complexity index is 540. The molecule has 1 atom stereocenters. The van der Waals surface area contributed by atoms with Gasteiger partial charge in [0.05, 0.1) is 12.2 Å². The number of benzene rings is 1. The first-order chi connectivity index (χ1) is 10.0. The van der Waals surface area contributed by atoms with Gasteiger partial charge < -0.3 is 10.0 Å². The van der Waals surface area contributed by atoms with Crippen molar-refractivity contribution in [2.45, 2.75) is 46.6 Å². The zero-order chi connectivity index (χ0) is 15.8. The van der Waals surface area contributed by atoms with Crippen LogP contribution in [0.2, 0.25) is 0 Å². The number of aliphatic hydroxyl groups is 1. The van der Waals surface area contributed by atoms with Gasteiger partial charge in [-0.15, -0.1) is 0 Å². The van der Waals surface area contributed by atoms with Crippen LogP contribution in [0.5, 0.6) is 0 Å². The molecular formula is C18H25NO2. The van der Waals surface area contributed by atoms with E-state index in [0.717, 1.165) is 17.5 Å². The van der Waals surface area contributed by atoms with Crippen LogP contribution < -0.4 is 0 Å². The fourth-order valence-electron chi connectivity index (χ4n) is 2.19. The molecule has 1 aromatic carbocycles. The molecule has 3 nitrogen and oxygen atoms in total. The van der Waals surface area contributed by atoms with Crippen LogP contribution >= 0.6 is 0 Å². The second-order valence-corrected chi connectivity index (χ2v) is 5.17. The number of nitrogens with zero attached hydrogens (tertiary/aromatic N) is 1. The maximum atomic E-state index is 12.7. The van der Waals surface area contributed by atoms with E-state index in [-0.39, 0.29) is 18.6 Å². The van der Waals surface area contributed by atoms with Gasteiger partial charge >= 0.3 is 0 Å². The van der Waals surface area contributed by atoms with Crippen LogP contribution in [0.4, 0.5) is 0 Å². The van der Waals surface area contributed by atoms with Gasteiger partial charge in [0, 0.05) is 24.6 Å². The van der Waals surface area contributed by atoms with Gasteiger partial charge in [-0.05, 0) is 44.9 Å². The number of amides is 1. The topological polar surface area (TPSA) is 40.5 Å². The highest BCUT2D eigenvalue weighted by molar-refractivity contribution is 5.97. The predicted octanol–water partition coefficient (Wildman–Crippen LogP) is 2.99. The summed E-state index contributed by atoms with van der Waals surface area (Å²) >= 11 is 0. The summed E-state index contributed by atoms with van der Waals surface area (Å²) < 4.78 is 0. The summed E-state index contributed by atoms with van der Waals surface area (Å²) in [7, 11) is 0. The van der Waals surface area contributed by atoms with E-state index in [2.05, 4.69) is 25.7 Å². The molecule has 0 aliphatic rings. The summed E-state index contributed by atoms with van der Waals surface area (Å²) in [5, 5.41) is 8.83. The van der Waals surface area contributed by atoms with Gasteiger partial charge in [0.15, 0.2) is 0 Å². The summed E-state index contributed by atoms with van der Waals surface area (Å²) in [5.41, 5.74) is 2.47. The average molecular weight is 287 g/mol. The first kappa shape index (κ1) is 17.3. The summed E-state index contributed by atoms with van der Waals surface area (Å²) in [6.45, 7) is 8.85. The second-order valence-electron chi connectivity index (χ2n) is 5.17. The van der Waals surface area contributed by atoms with Crippen LogP contribution in [-0.4, -0.2) is 35.1 Å². The van der Waals surface area contributed by atoms with E-state index < -0.39 is 0 Å². The second kappa shape index (κ2) is 8.49. The monoisotopic (exact) mass is 287 g/mol. The lowest BCUT2D eigenvalue weighted by Gasteiger charge is -2.27. The van der Waals surface area contributed by atoms with Crippen molar-refractivity contribution in [2.24, 2.45) is 0 Å². The van der Waals surface area contributed by atoms with E-state index >= 15 is 0 Å². The molecule has 0 spiro atoms. The van der Waals surface area contributed by atoms with Crippen LogP contribution in [0.3, 0.4) is 0 Å². The lowest BCUT2D eigenvalue weighted by molar-refractivity contribution is 0.0699. The number of rotatable bonds is 5. The zero-order valence-corrected chi connectivity index (χ0v) is 13.4. The zero-order valence-electron chi connectivity index (χ0n) is 13.4. The van der Waals surface area contributed by atoms with E-state index in [1.165, 1.54) is 0 Å². The normalized spacial score (nSPS) is 11.5. The minimum Gasteiger partial charge on any atom is -0.395 e. The molecule has 3 heteroatoms. The summed E-state index contributed by atoms with van der Waals surface area (Å²) in [6.07, 6.45) is 1.35. The van der Waals surface area contributed by atoms with Gasteiger partial charge in [-0.25, -0.2) is 0 Å². The molecule has 0 bridgehead atoms. The van der Waals surface area contributed by atoms with Crippen molar-refractivity contribution in [3.8, 4) is 11.8 Å². The van der Waals surface area contributed by atoms with Crippen molar-refractivity contribution < 1.29 is 9.90 Å². The molecular weight excluding hydrogens is 262 g/mol. The van der Waals surface area contributed by atoms with E-state index in [1.54, 1.807) is 0 Å². The van der Waals surface area contributed by atoms with Gasteiger partial charge in [-0.1, -0.05) is 24.8 Å². The number of carbonyl (C=O) groups is 1. The Kier molecular flexibility index (Phi) is 6.98. The maximum Gasteiger partial charge on any atom is 0.255 e. The Balaban J connectivity index is 3.17. The van der Waals surface area contributed by atoms with E-state index in [9.17, 15) is 4.79 Å². The standard InChI is InChI=1S/C18H25NO2/c1-5-15(4)19(6-2)18(21)17-11-10-14(3)13-16(17)9-7-8-12-20/h10-11,13,15,20H,5-6,8,12H2,1-4H3. The van der Waals surface area contributed by atoms with E-state index in [1.807, 2.05) is 36.9 Å². The van der Waals surface area contributed by atoms with Crippen LogP contribution in [0.15, 0.2) is 18.2 Å². The molecule has 21 heavy (non-hydrogen) atoms. The number of aryl methyl sites for hydroxylation is 1. The summed E-state index contributed by atoms with van der Waals surface area (Å²) in [4.78, 5) is 14.6. The van der Waals surface area contributed by atoms with Gasteiger partial charge in [0.2, 0.25) is 0 Å². The lowest BCUT2D eigenvalue weighted by Crippen LogP contribution is -2.38. The predicted molar refractivity (Wildman–Crippen MR) is 86.2 cm³/mol. The molecule has 0 aliphatic carbocycles. The summed E-state index contributed by atoms with van der Waals surface area (Å²) in [5.74, 6) is 5.95. The Morgan fingerprint density at radius 3 is 2.67 bits per heavy atom. The average Bonchev–Trinajstić information content (AvgIpc) is 2.48. The first-order valence-electron chi connectivity index (χ1n) is 7.56. The molecule has 0 saturated heterocycles. The van der Waals surface area contributed by atoms with Crippen molar-refractivity contribution in [3.63, 3.8) is 0 Å². The highest BCUT2D eigenvalue weighted by atomic mass is 16.2. The number of hydrogen-bond acceptors (Lipinski definition) is 2. The van der Waals surface area contributed by atoms with Gasteiger partial charge in [0.25, 0.3) is 5.91 Å². The number of carbonyl (C=O) groups excluding carboxylic acids is 1. The summed E-state index contributed by atoms with van der Waals surface area (Å²) in [6, 6.07) is 5.94. The Labute approximate surface area is 128 Å². The third-order valence-electron chi connectivity index (χ3n) is 3.59. The van der Waals surface area contributed by atoms with Crippen LogP contribution in [0.25, 0.3) is 0 Å². The first-order valence-corrected chi connectivity index (χ1v) is 7.56. The van der Waals surface area contributed by atoms with Crippen molar-refractivity contribution in [1.82, 2.24) is 4.90 Å². The lowest BCUT2D eigenvalue weighted by atomic mass is 10.0. The third-order valence-corrected chi connectivity index (χ3v) is 3.59. The van der Waals surface area contributed by atoms with Crippen LogP contribution in [0.1, 0.15) is 55.1 Å². The van der Waals surface area contributed by atoms with Gasteiger partial charge in [0.1, 0.15) is 0 Å². The molecule has 0 saturated carbocycles. The molecule has 0 heterocycles. The van der Waals surface area contributed by atoms with Crippen molar-refractivity contribution >= 4 is 5.91 Å². The SMILES string of the molecule is CCC(C)N(CC)C(=O)c1ccc(C)cc1C#CCCO. The molecule has 1 unspecified atom stereocenters. The number of aliphatic hydroxyl groups excluding tert-OH is 1. The molecule has 0 radical (unpaired) electrons. The highest BCUT2D eigenvalue weighted by Crippen LogP contribution is 2.16. The van der Waals surface area contributed by atoms with Crippen LogP contribution in [-0.2, 0) is 0 Å². The molecule has 114 valence electrons. The van der Waals surface area contributed by atoms with Crippen molar-refractivity contribution in [3.05, 3.63) is 34.9 Å². The number of hydrogen-bond donors (Lipinski definition) is 1. The molecule has 0 aromatic heterocycles. The molecule has 1 amide bonds. The maximum absolute atomic E-state index is 12.7. The minimum atomic E-state index is 0.0279. The van der Waals surface area contributed by atoms with E-state index in [4.69, 9.17) is 5.11 Å². The Morgan fingerprint density at radius 1 is 1.38 bits per heavy atom. The molecule has 1 aromatic rings. The smallest absolute Gasteiger partial charge is 0.255 e. The largest absolute Gasteiger partial charge is 0.395 e. The van der Waals surface area contributed by atoms with Gasteiger partial charge in [-0.2, -0.15) is 0 Å². The van der Waals surface area contributed by atoms with Crippen molar-refractivity contribution in [1.29, 1.82) is 0 Å². The Hall–Kier alpha value is -1.79. The van der Waals surface area contributed by atoms with Gasteiger partial charge in [-0.3, -0.25) is 4.79 Å². The van der Waals surface area contributed by atoms with E-state index in [0.29, 0.717) is 18.5 Å². The minimum absolute atomic E-state index is 0.0279. The molecule has 1 rings (SSSR count). The fourth-order valence-corrected chi connectivity index (χ4v) is 2.19. The Morgan fingerprint density at radius 2 is 2.10 bits per heavy atom. The molecule has 1 N–H and O–H groups in total. The van der Waals surface area contributed by atoms with Crippen molar-refractivity contribution in [2.75, 3.05) is 13.2 Å². The quantitative estimate of drug-likeness (QED) is 0.846. The fraction of sp³-hybridized carbons (Fsp3) is 0.500. The van der Waals surface area contributed by atoms with Crippen LogP contribution in [0, 0.1) is 18.8 Å².